The average Bonchev–Trinajstić information content (AvgIpc) is 4.01. The summed E-state index contributed by atoms with van der Waals surface area (Å²) in [6.07, 6.45) is 8.25. The molecule has 4 heterocycles. The van der Waals surface area contributed by atoms with Crippen molar-refractivity contribution in [3.63, 3.8) is 0 Å². The molecule has 18 nitrogen and oxygen atoms in total. The van der Waals surface area contributed by atoms with Gasteiger partial charge in [0.05, 0.1) is 30.0 Å². The van der Waals surface area contributed by atoms with E-state index in [1.807, 2.05) is 39.0 Å². The highest BCUT2D eigenvalue weighted by Gasteiger charge is 2.63. The summed E-state index contributed by atoms with van der Waals surface area (Å²) in [6, 6.07) is 4.48. The molecule has 5 atom stereocenters. The van der Waals surface area contributed by atoms with Gasteiger partial charge in [-0.3, -0.25) is 33.4 Å². The van der Waals surface area contributed by atoms with Crippen LogP contribution in [0.3, 0.4) is 0 Å². The van der Waals surface area contributed by atoms with E-state index in [2.05, 4.69) is 20.5 Å². The molecule has 4 aliphatic rings. The van der Waals surface area contributed by atoms with Crippen LogP contribution in [0.1, 0.15) is 94.6 Å². The molecule has 7 rings (SSSR count). The molecule has 340 valence electrons. The largest absolute Gasteiger partial charge is 0.496 e. The Balaban J connectivity index is 1.22. The number of allylic oxidation sites excluding steroid dienone is 1. The lowest BCUT2D eigenvalue weighted by Gasteiger charge is -2.30. The summed E-state index contributed by atoms with van der Waals surface area (Å²) in [5.74, 6) is -2.04. The maximum absolute atomic E-state index is 14.9. The van der Waals surface area contributed by atoms with Crippen molar-refractivity contribution in [2.45, 2.75) is 127 Å². The van der Waals surface area contributed by atoms with Gasteiger partial charge in [0.25, 0.3) is 11.8 Å². The van der Waals surface area contributed by atoms with Gasteiger partial charge >= 0.3 is 0 Å². The topological polar surface area (TPSA) is 220 Å². The first-order chi connectivity index (χ1) is 29.8. The zero-order chi connectivity index (χ0) is 45.4. The Labute approximate surface area is 367 Å². The highest BCUT2D eigenvalue weighted by molar-refractivity contribution is 7.91. The summed E-state index contributed by atoms with van der Waals surface area (Å²) >= 11 is 0. The maximum Gasteiger partial charge on any atom is 0.272 e. The molecule has 2 saturated carbocycles. The fourth-order valence-corrected chi connectivity index (χ4v) is 9.50. The van der Waals surface area contributed by atoms with Crippen molar-refractivity contribution in [3.05, 3.63) is 53.9 Å². The molecule has 19 heteroatoms. The van der Waals surface area contributed by atoms with Crippen LogP contribution in [0, 0.1) is 12.8 Å². The first-order valence-electron chi connectivity index (χ1n) is 21.6. The van der Waals surface area contributed by atoms with Crippen molar-refractivity contribution in [2.75, 3.05) is 27.7 Å². The highest BCUT2D eigenvalue weighted by atomic mass is 32.2. The van der Waals surface area contributed by atoms with Gasteiger partial charge in [-0.1, -0.05) is 25.0 Å². The number of hydrogen-bond acceptors (Lipinski definition) is 12. The number of ether oxygens (including phenoxy) is 3. The maximum atomic E-state index is 14.9. The van der Waals surface area contributed by atoms with E-state index >= 15 is 0 Å². The third-order valence-corrected chi connectivity index (χ3v) is 14.6. The number of carbonyl (C=O) groups is 5. The quantitative estimate of drug-likeness (QED) is 0.224. The van der Waals surface area contributed by atoms with Gasteiger partial charge in [0.1, 0.15) is 47.5 Å². The zero-order valence-electron chi connectivity index (χ0n) is 36.9. The normalized spacial score (nSPS) is 25.1. The van der Waals surface area contributed by atoms with E-state index in [0.717, 1.165) is 12.0 Å². The van der Waals surface area contributed by atoms with E-state index in [4.69, 9.17) is 19.2 Å². The summed E-state index contributed by atoms with van der Waals surface area (Å²) in [4.78, 5) is 77.2. The molecule has 0 spiro atoms. The molecule has 1 aromatic carbocycles. The fourth-order valence-electron chi connectivity index (χ4n) is 8.19. The molecule has 63 heavy (non-hydrogen) atoms. The number of fused-ring (bicyclic) bond motifs is 3. The Bertz CT molecular complexity index is 2430. The van der Waals surface area contributed by atoms with Crippen LogP contribution in [0.15, 0.2) is 42.6 Å². The molecular formula is C44H58N8O10S. The monoisotopic (exact) mass is 890 g/mol. The number of pyridine rings is 1. The number of methoxy groups -OCH3 is 1. The molecule has 2 aliphatic carbocycles. The number of rotatable bonds is 12. The fraction of sp³-hybridized carbons (Fsp3) is 0.568. The van der Waals surface area contributed by atoms with Crippen LogP contribution in [0.2, 0.25) is 0 Å². The van der Waals surface area contributed by atoms with E-state index < -0.39 is 68.0 Å². The van der Waals surface area contributed by atoms with Crippen molar-refractivity contribution in [1.29, 1.82) is 0 Å². The lowest BCUT2D eigenvalue weighted by atomic mass is 10.0. The van der Waals surface area contributed by atoms with E-state index in [0.29, 0.717) is 60.4 Å². The first kappa shape index (κ1) is 45.3. The van der Waals surface area contributed by atoms with Crippen molar-refractivity contribution >= 4 is 50.5 Å². The number of sulfonamides is 1. The molecule has 3 aromatic rings. The smallest absolute Gasteiger partial charge is 0.272 e. The number of aromatic nitrogens is 3. The lowest BCUT2D eigenvalue weighted by molar-refractivity contribution is -0.141. The van der Waals surface area contributed by atoms with Crippen LogP contribution in [0.5, 0.6) is 17.4 Å². The summed E-state index contributed by atoms with van der Waals surface area (Å²) < 4.78 is 47.4. The van der Waals surface area contributed by atoms with Gasteiger partial charge < -0.3 is 34.6 Å². The van der Waals surface area contributed by atoms with Gasteiger partial charge in [0.2, 0.25) is 33.6 Å². The molecule has 2 aromatic heterocycles. The number of nitrogens with one attached hydrogen (secondary N) is 3. The number of nitrogens with zero attached hydrogens (tertiary/aromatic N) is 5. The summed E-state index contributed by atoms with van der Waals surface area (Å²) in [7, 11) is 0.766. The predicted octanol–water partition coefficient (Wildman–Crippen LogP) is 3.16. The molecular weight excluding hydrogens is 833 g/mol. The Morgan fingerprint density at radius 2 is 1.84 bits per heavy atom. The van der Waals surface area contributed by atoms with E-state index in [1.165, 1.54) is 26.7 Å². The minimum atomic E-state index is -4.04. The summed E-state index contributed by atoms with van der Waals surface area (Å²) in [5.41, 5.74) is -0.229. The van der Waals surface area contributed by atoms with Gasteiger partial charge in [-0.05, 0) is 84.4 Å². The molecule has 5 amide bonds. The van der Waals surface area contributed by atoms with E-state index in [-0.39, 0.29) is 50.1 Å². The van der Waals surface area contributed by atoms with Gasteiger partial charge in [0, 0.05) is 49.6 Å². The predicted molar refractivity (Wildman–Crippen MR) is 231 cm³/mol. The second kappa shape index (κ2) is 17.8. The molecule has 0 bridgehead atoms. The van der Waals surface area contributed by atoms with Crippen LogP contribution >= 0.6 is 0 Å². The van der Waals surface area contributed by atoms with Crippen molar-refractivity contribution in [2.24, 2.45) is 5.92 Å². The highest BCUT2D eigenvalue weighted by Crippen LogP contribution is 2.47. The third-order valence-electron chi connectivity index (χ3n) is 12.4. The van der Waals surface area contributed by atoms with Crippen LogP contribution in [0.25, 0.3) is 10.9 Å². The number of amides is 5. The minimum absolute atomic E-state index is 0.00352. The van der Waals surface area contributed by atoms with Crippen molar-refractivity contribution < 1.29 is 46.6 Å². The summed E-state index contributed by atoms with van der Waals surface area (Å²) in [5, 5.41) is 10.7. The lowest BCUT2D eigenvalue weighted by Crippen LogP contribution is -2.58. The summed E-state index contributed by atoms with van der Waals surface area (Å²) in [6.45, 7) is 7.05. The van der Waals surface area contributed by atoms with E-state index in [9.17, 15) is 32.4 Å². The number of likely N-dealkylation sites (N-methyl/N-ethyl adjacent to an activating group) is 1. The van der Waals surface area contributed by atoms with Gasteiger partial charge in [-0.25, -0.2) is 13.4 Å². The van der Waals surface area contributed by atoms with Crippen LogP contribution in [-0.2, 0) is 35.7 Å². The Kier molecular flexibility index (Phi) is 12.8. The van der Waals surface area contributed by atoms with Gasteiger partial charge in [0.15, 0.2) is 0 Å². The molecule has 2 aliphatic heterocycles. The molecule has 3 N–H and O–H groups in total. The third kappa shape index (κ3) is 9.62. The minimum Gasteiger partial charge on any atom is -0.496 e. The standard InChI is InChI=1S/C44H58N8O10S/c1-26(2)61-36-22-35(30-15-16-34(60-7)27(3)38(30)46-36)62-29-21-33-40(55)47-44(42(57)49-63(58,59)43(4)18-19-43)23-28(44)13-11-9-8-10-12-14-32(41(56)52(33)24-29)45-39(54)31-17-20-51(48-31)25-37(53)50(5)6/h11,13,15-17,20,22,26,28-29,32-33H,8-10,12,14,18-19,21,23-25H2,1-7H3,(H,45,54)(H,47,55)(H,49,57)/b13-11-/t28-,29-,32+,33+,44-/m1/s1. The van der Waals surface area contributed by atoms with Crippen LogP contribution in [-0.4, -0.2) is 125 Å². The number of hydrogen-bond donors (Lipinski definition) is 3. The zero-order valence-corrected chi connectivity index (χ0v) is 37.7. The number of aryl methyl sites for hydroxylation is 1. The second-order valence-electron chi connectivity index (χ2n) is 17.8. The second-order valence-corrected chi connectivity index (χ2v) is 20.0. The molecule has 3 fully saturated rings. The average molecular weight is 891 g/mol. The first-order valence-corrected chi connectivity index (χ1v) is 23.0. The number of benzene rings is 1. The Hall–Kier alpha value is -5.72. The SMILES string of the molecule is COc1ccc2c(O[C@@H]3C[C@H]4C(=O)N[C@]5(C(=O)NS(=O)(=O)C6(C)CC6)C[C@H]5/C=C\CCCCC[C@H](NC(=O)c5ccn(CC(=O)N(C)C)n5)C(=O)N4C3)cc(OC(C)C)nc2c1C. The van der Waals surface area contributed by atoms with Crippen LogP contribution in [0.4, 0.5) is 0 Å². The molecule has 0 radical (unpaired) electrons. The van der Waals surface area contributed by atoms with E-state index in [1.54, 1.807) is 40.3 Å². The van der Waals surface area contributed by atoms with Gasteiger partial charge in [-0.2, -0.15) is 5.10 Å². The molecule has 1 saturated heterocycles. The van der Waals surface area contributed by atoms with Crippen LogP contribution < -0.4 is 29.6 Å². The molecule has 0 unspecified atom stereocenters. The van der Waals surface area contributed by atoms with Crippen molar-refractivity contribution in [3.8, 4) is 17.4 Å². The van der Waals surface area contributed by atoms with Gasteiger partial charge in [-0.15, -0.1) is 0 Å². The Morgan fingerprint density at radius 1 is 1.08 bits per heavy atom. The Morgan fingerprint density at radius 3 is 2.54 bits per heavy atom. The van der Waals surface area contributed by atoms with Crippen molar-refractivity contribution in [1.82, 2.24) is 39.9 Å². The number of carbonyl (C=O) groups excluding carboxylic acids is 5.